The molecule has 53 heavy (non-hydrogen) atoms. The van der Waals surface area contributed by atoms with Gasteiger partial charge < -0.3 is 27.8 Å². The summed E-state index contributed by atoms with van der Waals surface area (Å²) >= 11 is 3.58. The molecule has 0 aliphatic heterocycles. The lowest BCUT2D eigenvalue weighted by Gasteiger charge is -2.13. The summed E-state index contributed by atoms with van der Waals surface area (Å²) in [6.45, 7) is 0.835. The van der Waals surface area contributed by atoms with Gasteiger partial charge in [-0.1, -0.05) is 84.9 Å². The molecule has 0 saturated heterocycles. The van der Waals surface area contributed by atoms with Crippen molar-refractivity contribution in [3.63, 3.8) is 0 Å². The van der Waals surface area contributed by atoms with Crippen LogP contribution in [-0.2, 0) is 13.2 Å². The van der Waals surface area contributed by atoms with Gasteiger partial charge in [0.05, 0.1) is 30.9 Å². The summed E-state index contributed by atoms with van der Waals surface area (Å²) < 4.78 is 35.3. The smallest absolute Gasteiger partial charge is 0.228 e. The third-order valence-electron chi connectivity index (χ3n) is 8.20. The minimum atomic E-state index is 0.375. The second-order valence-electron chi connectivity index (χ2n) is 11.7. The van der Waals surface area contributed by atoms with Crippen molar-refractivity contribution in [3.8, 4) is 52.0 Å². The van der Waals surface area contributed by atoms with Gasteiger partial charge in [-0.25, -0.2) is 9.97 Å². The molecule has 0 bridgehead atoms. The van der Waals surface area contributed by atoms with Gasteiger partial charge in [0, 0.05) is 10.5 Å². The Kier molecular flexibility index (Phi) is 10.6. The fraction of sp³-hybridized carbons (Fsp3) is 0.0930. The van der Waals surface area contributed by atoms with Crippen molar-refractivity contribution in [1.29, 1.82) is 5.26 Å². The van der Waals surface area contributed by atoms with Crippen LogP contribution in [-0.4, -0.2) is 24.2 Å². The number of fused-ring (bicyclic) bond motifs is 2. The fourth-order valence-electron chi connectivity index (χ4n) is 5.52. The molecule has 0 N–H and O–H groups in total. The maximum absolute atomic E-state index is 9.56. The lowest BCUT2D eigenvalue weighted by Crippen LogP contribution is -1.99. The highest BCUT2D eigenvalue weighted by molar-refractivity contribution is 9.10. The molecule has 0 atom stereocenters. The molecule has 2 heterocycles. The second-order valence-corrected chi connectivity index (χ2v) is 12.5. The van der Waals surface area contributed by atoms with Gasteiger partial charge >= 0.3 is 0 Å². The molecule has 0 spiro atoms. The van der Waals surface area contributed by atoms with Crippen LogP contribution >= 0.6 is 15.9 Å². The maximum atomic E-state index is 9.56. The molecular weight excluding hydrogens is 734 g/mol. The zero-order valence-corrected chi connectivity index (χ0v) is 30.4. The van der Waals surface area contributed by atoms with E-state index in [1.807, 2.05) is 121 Å². The molecule has 8 aromatic rings. The average molecular weight is 767 g/mol. The topological polar surface area (TPSA) is 113 Å². The minimum Gasteiger partial charge on any atom is -0.493 e. The Hall–Kier alpha value is -6.57. The van der Waals surface area contributed by atoms with Crippen molar-refractivity contribution >= 4 is 38.1 Å². The van der Waals surface area contributed by atoms with Crippen LogP contribution in [0.2, 0.25) is 0 Å². The number of aromatic nitrogens is 2. The molecule has 0 unspecified atom stereocenters. The van der Waals surface area contributed by atoms with E-state index in [2.05, 4.69) is 32.0 Å². The number of oxazole rings is 2. The Morgan fingerprint density at radius 2 is 1.02 bits per heavy atom. The van der Waals surface area contributed by atoms with Crippen LogP contribution in [0.25, 0.3) is 45.1 Å². The van der Waals surface area contributed by atoms with E-state index in [0.717, 1.165) is 37.8 Å². The molecule has 262 valence electrons. The lowest BCUT2D eigenvalue weighted by molar-refractivity contribution is 0.284. The number of halogens is 1. The van der Waals surface area contributed by atoms with Crippen molar-refractivity contribution in [3.05, 3.63) is 155 Å². The molecule has 0 aliphatic rings. The summed E-state index contributed by atoms with van der Waals surface area (Å²) in [6, 6.07) is 44.3. The molecule has 0 saturated carbocycles. The zero-order chi connectivity index (χ0) is 36.6. The van der Waals surface area contributed by atoms with Gasteiger partial charge in [0.2, 0.25) is 11.8 Å². The first kappa shape index (κ1) is 34.9. The van der Waals surface area contributed by atoms with E-state index in [0.29, 0.717) is 64.7 Å². The number of nitriles is 1. The Morgan fingerprint density at radius 1 is 0.566 bits per heavy atom. The molecule has 0 fully saturated rings. The Morgan fingerprint density at radius 3 is 1.51 bits per heavy atom. The van der Waals surface area contributed by atoms with Gasteiger partial charge in [-0.3, -0.25) is 0 Å². The monoisotopic (exact) mass is 765 g/mol. The maximum Gasteiger partial charge on any atom is 0.228 e. The van der Waals surface area contributed by atoms with Gasteiger partial charge in [0.15, 0.2) is 34.2 Å². The summed E-state index contributed by atoms with van der Waals surface area (Å²) in [5.74, 6) is 3.20. The minimum absolute atomic E-state index is 0.375. The van der Waals surface area contributed by atoms with Crippen molar-refractivity contribution < 1.29 is 27.8 Å². The predicted molar refractivity (Wildman–Crippen MR) is 206 cm³/mol. The first-order valence-corrected chi connectivity index (χ1v) is 17.4. The number of hydrogen-bond acceptors (Lipinski definition) is 9. The van der Waals surface area contributed by atoms with E-state index in [4.69, 9.17) is 27.8 Å². The number of para-hydroxylation sites is 4. The predicted octanol–water partition coefficient (Wildman–Crippen LogP) is 10.8. The Labute approximate surface area is 314 Å². The first-order chi connectivity index (χ1) is 26.0. The third kappa shape index (κ3) is 8.01. The molecule has 6 aromatic carbocycles. The van der Waals surface area contributed by atoms with E-state index in [1.54, 1.807) is 26.4 Å². The highest BCUT2D eigenvalue weighted by Crippen LogP contribution is 2.40. The number of methoxy groups -OCH3 is 2. The molecule has 8 rings (SSSR count). The van der Waals surface area contributed by atoms with Crippen LogP contribution in [0.15, 0.2) is 147 Å². The summed E-state index contributed by atoms with van der Waals surface area (Å²) in [5.41, 5.74) is 6.87. The second kappa shape index (κ2) is 16.2. The molecule has 9 nitrogen and oxygen atoms in total. The molecule has 0 aliphatic carbocycles. The number of nitrogens with zero attached hydrogens (tertiary/aromatic N) is 3. The van der Waals surface area contributed by atoms with Gasteiger partial charge in [-0.2, -0.15) is 5.26 Å². The average Bonchev–Trinajstić information content (AvgIpc) is 3.85. The normalized spacial score (nSPS) is 10.7. The van der Waals surface area contributed by atoms with Crippen molar-refractivity contribution in [2.45, 2.75) is 13.2 Å². The molecular formula is C43H32BrN3O6. The quantitative estimate of drug-likeness (QED) is 0.134. The van der Waals surface area contributed by atoms with Crippen LogP contribution in [0.3, 0.4) is 0 Å². The van der Waals surface area contributed by atoms with E-state index in [9.17, 15) is 5.26 Å². The highest BCUT2D eigenvalue weighted by Gasteiger charge is 2.19. The first-order valence-electron chi connectivity index (χ1n) is 16.6. The zero-order valence-electron chi connectivity index (χ0n) is 28.8. The Bertz CT molecular complexity index is 2460. The molecule has 0 amide bonds. The van der Waals surface area contributed by atoms with E-state index in [1.165, 1.54) is 0 Å². The summed E-state index contributed by atoms with van der Waals surface area (Å²) in [6.07, 6.45) is 0. The summed E-state index contributed by atoms with van der Waals surface area (Å²) in [4.78, 5) is 9.06. The molecule has 0 radical (unpaired) electrons. The van der Waals surface area contributed by atoms with Crippen LogP contribution in [0.1, 0.15) is 16.7 Å². The highest BCUT2D eigenvalue weighted by atomic mass is 79.9. The largest absolute Gasteiger partial charge is 0.493 e. The van der Waals surface area contributed by atoms with Crippen molar-refractivity contribution in [2.24, 2.45) is 0 Å². The van der Waals surface area contributed by atoms with E-state index in [-0.39, 0.29) is 0 Å². The number of ether oxygens (including phenoxy) is 4. The fourth-order valence-corrected chi connectivity index (χ4v) is 6.01. The standard InChI is InChI=1S/C22H16N2O3.C21H16BrNO3/c1-25-20-11-16(13-23)17(22-24-18-9-5-6-10-19(18)27-22)12-21(20)26-14-15-7-3-2-4-8-15;1-24-19-12-16(22)15(21-23-17-9-5-6-10-18(17)26-21)11-20(19)25-13-14-7-3-2-4-8-14/h2-12H,14H2,1H3;2-12H,13H2,1H3. The number of hydrogen-bond donors (Lipinski definition) is 0. The molecule has 10 heteroatoms. The van der Waals surface area contributed by atoms with E-state index < -0.39 is 0 Å². The van der Waals surface area contributed by atoms with Gasteiger partial charge in [-0.15, -0.1) is 0 Å². The molecule has 2 aromatic heterocycles. The van der Waals surface area contributed by atoms with Crippen molar-refractivity contribution in [2.75, 3.05) is 14.2 Å². The van der Waals surface area contributed by atoms with Crippen LogP contribution in [0.5, 0.6) is 23.0 Å². The van der Waals surface area contributed by atoms with Crippen LogP contribution in [0, 0.1) is 11.3 Å². The van der Waals surface area contributed by atoms with Crippen LogP contribution in [0.4, 0.5) is 0 Å². The van der Waals surface area contributed by atoms with E-state index >= 15 is 0 Å². The third-order valence-corrected chi connectivity index (χ3v) is 8.86. The SMILES string of the molecule is COc1cc(Br)c(-c2nc3ccccc3o2)cc1OCc1ccccc1.COc1cc(C#N)c(-c2nc3ccccc3o2)cc1OCc1ccccc1. The van der Waals surface area contributed by atoms with Gasteiger partial charge in [0.1, 0.15) is 30.3 Å². The number of rotatable bonds is 10. The summed E-state index contributed by atoms with van der Waals surface area (Å²) in [5, 5.41) is 9.56. The van der Waals surface area contributed by atoms with Crippen molar-refractivity contribution in [1.82, 2.24) is 9.97 Å². The lowest BCUT2D eigenvalue weighted by atomic mass is 10.1. The van der Waals surface area contributed by atoms with Crippen LogP contribution < -0.4 is 18.9 Å². The Balaban J connectivity index is 0.000000164. The van der Waals surface area contributed by atoms with Gasteiger partial charge in [0.25, 0.3) is 0 Å². The summed E-state index contributed by atoms with van der Waals surface area (Å²) in [7, 11) is 3.17. The number of benzene rings is 6. The van der Waals surface area contributed by atoms with Gasteiger partial charge in [-0.05, 0) is 69.5 Å².